The Bertz CT molecular complexity index is 169. The van der Waals surface area contributed by atoms with E-state index in [0.717, 1.165) is 0 Å². The third-order valence-electron chi connectivity index (χ3n) is 0.657. The van der Waals surface area contributed by atoms with Gasteiger partial charge in [-0.2, -0.15) is 0 Å². The third-order valence-corrected chi connectivity index (χ3v) is 0.921. The number of oxazole rings is 1. The Morgan fingerprint density at radius 2 is 2.62 bits per heavy atom. The highest BCUT2D eigenvalue weighted by Crippen LogP contribution is 1.98. The molecule has 0 aliphatic rings. The minimum atomic E-state index is 0.613. The molecule has 1 rings (SSSR count). The van der Waals surface area contributed by atoms with Gasteiger partial charge in [-0.1, -0.05) is 15.9 Å². The molecule has 1 heterocycles. The zero-order valence-electron chi connectivity index (χ0n) is 4.04. The van der Waals surface area contributed by atoms with Gasteiger partial charge in [-0.05, 0) is 4.99 Å². The van der Waals surface area contributed by atoms with Gasteiger partial charge in [-0.15, -0.1) is 0 Å². The number of halogens is 1. The quantitative estimate of drug-likeness (QED) is 0.650. The first kappa shape index (κ1) is 5.56. The summed E-state index contributed by atoms with van der Waals surface area (Å²) in [5.74, 6) is 0.613. The fraction of sp³-hybridized carbons (Fsp3) is 0. The van der Waals surface area contributed by atoms with Crippen molar-refractivity contribution in [3.05, 3.63) is 23.3 Å². The van der Waals surface area contributed by atoms with E-state index in [9.17, 15) is 0 Å². The van der Waals surface area contributed by atoms with Crippen LogP contribution in [0.25, 0.3) is 6.08 Å². The second kappa shape index (κ2) is 2.67. The summed E-state index contributed by atoms with van der Waals surface area (Å²) in [6.07, 6.45) is 4.85. The van der Waals surface area contributed by atoms with Crippen molar-refractivity contribution < 1.29 is 4.42 Å². The predicted octanol–water partition coefficient (Wildman–Crippen LogP) is 2.04. The SMILES string of the molecule is Br/C=C\c1ncco1. The molecule has 0 aliphatic heterocycles. The largest absolute Gasteiger partial charge is 0.445 e. The maximum absolute atomic E-state index is 4.85. The van der Waals surface area contributed by atoms with Crippen LogP contribution < -0.4 is 0 Å². The fourth-order valence-corrected chi connectivity index (χ4v) is 0.597. The van der Waals surface area contributed by atoms with Gasteiger partial charge in [0.2, 0.25) is 5.89 Å². The van der Waals surface area contributed by atoms with Crippen LogP contribution in [-0.4, -0.2) is 4.98 Å². The van der Waals surface area contributed by atoms with Gasteiger partial charge in [0.05, 0.1) is 6.20 Å². The molecule has 0 aliphatic carbocycles. The lowest BCUT2D eigenvalue weighted by molar-refractivity contribution is 0.546. The molecule has 0 amide bonds. The average molecular weight is 174 g/mol. The maximum Gasteiger partial charge on any atom is 0.218 e. The predicted molar refractivity (Wildman–Crippen MR) is 34.5 cm³/mol. The molecule has 2 nitrogen and oxygen atoms in total. The zero-order chi connectivity index (χ0) is 5.82. The van der Waals surface area contributed by atoms with Crippen LogP contribution in [0, 0.1) is 0 Å². The summed E-state index contributed by atoms with van der Waals surface area (Å²) < 4.78 is 4.85. The minimum Gasteiger partial charge on any atom is -0.445 e. The molecule has 0 fully saturated rings. The second-order valence-electron chi connectivity index (χ2n) is 1.16. The van der Waals surface area contributed by atoms with E-state index in [0.29, 0.717) is 5.89 Å². The van der Waals surface area contributed by atoms with Crippen LogP contribution in [-0.2, 0) is 0 Å². The maximum atomic E-state index is 4.85. The van der Waals surface area contributed by atoms with E-state index in [1.54, 1.807) is 17.3 Å². The third kappa shape index (κ3) is 1.20. The number of hydrogen-bond donors (Lipinski definition) is 0. The summed E-state index contributed by atoms with van der Waals surface area (Å²) in [6, 6.07) is 0. The van der Waals surface area contributed by atoms with Crippen LogP contribution in [0.5, 0.6) is 0 Å². The first-order chi connectivity index (χ1) is 3.93. The molecule has 42 valence electrons. The van der Waals surface area contributed by atoms with Crippen LogP contribution in [0.1, 0.15) is 5.89 Å². The molecule has 0 saturated carbocycles. The monoisotopic (exact) mass is 173 g/mol. The molecule has 3 heteroatoms. The van der Waals surface area contributed by atoms with E-state index in [1.807, 2.05) is 0 Å². The molecule has 8 heavy (non-hydrogen) atoms. The summed E-state index contributed by atoms with van der Waals surface area (Å²) in [6.45, 7) is 0. The molecule has 0 spiro atoms. The van der Waals surface area contributed by atoms with Crippen LogP contribution >= 0.6 is 15.9 Å². The van der Waals surface area contributed by atoms with Crippen molar-refractivity contribution >= 4 is 22.0 Å². The van der Waals surface area contributed by atoms with E-state index < -0.39 is 0 Å². The lowest BCUT2D eigenvalue weighted by atomic mass is 10.6. The molecule has 1 aromatic rings. The van der Waals surface area contributed by atoms with Crippen molar-refractivity contribution in [1.29, 1.82) is 0 Å². The van der Waals surface area contributed by atoms with Crippen molar-refractivity contribution in [3.63, 3.8) is 0 Å². The summed E-state index contributed by atoms with van der Waals surface area (Å²) in [5.41, 5.74) is 0. The molecular formula is C5H4BrNO. The van der Waals surface area contributed by atoms with Crippen LogP contribution in [0.15, 0.2) is 21.9 Å². The highest BCUT2D eigenvalue weighted by Gasteiger charge is 1.84. The van der Waals surface area contributed by atoms with E-state index in [4.69, 9.17) is 4.42 Å². The molecule has 0 unspecified atom stereocenters. The van der Waals surface area contributed by atoms with Crippen molar-refractivity contribution in [2.45, 2.75) is 0 Å². The lowest BCUT2D eigenvalue weighted by Gasteiger charge is -1.73. The van der Waals surface area contributed by atoms with E-state index in [-0.39, 0.29) is 0 Å². The van der Waals surface area contributed by atoms with Crippen molar-refractivity contribution in [2.75, 3.05) is 0 Å². The molecule has 0 saturated heterocycles. The highest BCUT2D eigenvalue weighted by atomic mass is 79.9. The molecule has 0 radical (unpaired) electrons. The smallest absolute Gasteiger partial charge is 0.218 e. The van der Waals surface area contributed by atoms with Crippen molar-refractivity contribution in [3.8, 4) is 0 Å². The minimum absolute atomic E-state index is 0.613. The van der Waals surface area contributed by atoms with Gasteiger partial charge in [0, 0.05) is 6.08 Å². The Morgan fingerprint density at radius 3 is 3.12 bits per heavy atom. The van der Waals surface area contributed by atoms with Crippen molar-refractivity contribution in [1.82, 2.24) is 4.98 Å². The Morgan fingerprint density at radius 1 is 1.75 bits per heavy atom. The summed E-state index contributed by atoms with van der Waals surface area (Å²) in [7, 11) is 0. The van der Waals surface area contributed by atoms with Gasteiger partial charge in [-0.25, -0.2) is 4.98 Å². The number of nitrogens with zero attached hydrogens (tertiary/aromatic N) is 1. The highest BCUT2D eigenvalue weighted by molar-refractivity contribution is 9.11. The number of rotatable bonds is 1. The van der Waals surface area contributed by atoms with E-state index in [2.05, 4.69) is 20.9 Å². The van der Waals surface area contributed by atoms with E-state index >= 15 is 0 Å². The number of aromatic nitrogens is 1. The molecule has 0 aromatic carbocycles. The Kier molecular flexibility index (Phi) is 1.86. The van der Waals surface area contributed by atoms with Gasteiger partial charge in [0.15, 0.2) is 0 Å². The zero-order valence-corrected chi connectivity index (χ0v) is 5.63. The summed E-state index contributed by atoms with van der Waals surface area (Å²) >= 11 is 3.09. The van der Waals surface area contributed by atoms with E-state index in [1.165, 1.54) is 6.26 Å². The van der Waals surface area contributed by atoms with Crippen molar-refractivity contribution in [2.24, 2.45) is 0 Å². The lowest BCUT2D eigenvalue weighted by Crippen LogP contribution is -1.62. The first-order valence-corrected chi connectivity index (χ1v) is 3.01. The molecular weight excluding hydrogens is 170 g/mol. The average Bonchev–Trinajstić information content (AvgIpc) is 2.19. The summed E-state index contributed by atoms with van der Waals surface area (Å²) in [4.78, 5) is 5.52. The van der Waals surface area contributed by atoms with Gasteiger partial charge in [0.1, 0.15) is 6.26 Å². The standard InChI is InChI=1S/C5H4BrNO/c6-2-1-5-7-3-4-8-5/h1-4H/b2-1-. The molecule has 0 atom stereocenters. The van der Waals surface area contributed by atoms with Crippen LogP contribution in [0.4, 0.5) is 0 Å². The van der Waals surface area contributed by atoms with Gasteiger partial charge in [-0.3, -0.25) is 0 Å². The molecule has 0 N–H and O–H groups in total. The normalized spacial score (nSPS) is 10.6. The van der Waals surface area contributed by atoms with Gasteiger partial charge in [0.25, 0.3) is 0 Å². The Balaban J connectivity index is 2.77. The molecule has 0 bridgehead atoms. The topological polar surface area (TPSA) is 26.0 Å². The Labute approximate surface area is 55.4 Å². The summed E-state index contributed by atoms with van der Waals surface area (Å²) in [5, 5.41) is 0. The van der Waals surface area contributed by atoms with Gasteiger partial charge < -0.3 is 4.42 Å². The fourth-order valence-electron chi connectivity index (χ4n) is 0.371. The second-order valence-corrected chi connectivity index (χ2v) is 1.69. The number of hydrogen-bond acceptors (Lipinski definition) is 2. The first-order valence-electron chi connectivity index (χ1n) is 2.10. The van der Waals surface area contributed by atoms with Gasteiger partial charge >= 0.3 is 0 Å². The van der Waals surface area contributed by atoms with Crippen LogP contribution in [0.3, 0.4) is 0 Å². The Hall–Kier alpha value is -0.570. The molecule has 1 aromatic heterocycles. The van der Waals surface area contributed by atoms with Crippen LogP contribution in [0.2, 0.25) is 0 Å².